The molecular weight excluding hydrogens is 460 g/mol. The van der Waals surface area contributed by atoms with E-state index in [1.165, 1.54) is 66.8 Å². The molecule has 2 aromatic carbocycles. The lowest BCUT2D eigenvalue weighted by Crippen LogP contribution is -2.31. The maximum Gasteiger partial charge on any atom is 0.0898 e. The zero-order chi connectivity index (χ0) is 25.5. The Morgan fingerprint density at radius 2 is 0.730 bits per heavy atom. The van der Waals surface area contributed by atoms with E-state index >= 15 is 0 Å². The molecule has 180 valence electrons. The fourth-order valence-corrected chi connectivity index (χ4v) is 8.35. The lowest BCUT2D eigenvalue weighted by Gasteiger charge is -2.15. The Kier molecular flexibility index (Phi) is 6.02. The van der Waals surface area contributed by atoms with Gasteiger partial charge in [0.15, 0.2) is 0 Å². The summed E-state index contributed by atoms with van der Waals surface area (Å²) in [7, 11) is -0.794. The molecule has 0 aromatic heterocycles. The van der Waals surface area contributed by atoms with Crippen LogP contribution >= 0.6 is 0 Å². The zero-order valence-electron chi connectivity index (χ0n) is 22.1. The first kappa shape index (κ1) is 23.5. The van der Waals surface area contributed by atoms with E-state index in [-0.39, 0.29) is 0 Å². The smallest absolute Gasteiger partial charge is 0.0622 e. The summed E-state index contributed by atoms with van der Waals surface area (Å²) in [5, 5.41) is 3.15. The molecule has 0 radical (unpaired) electrons. The molecule has 0 saturated carbocycles. The van der Waals surface area contributed by atoms with Gasteiger partial charge in [0.2, 0.25) is 0 Å². The maximum atomic E-state index is 2.41. The number of hydrogen-bond acceptors (Lipinski definition) is 0. The summed E-state index contributed by atoms with van der Waals surface area (Å²) < 4.78 is 0. The van der Waals surface area contributed by atoms with Gasteiger partial charge in [-0.3, -0.25) is 0 Å². The Morgan fingerprint density at radius 3 is 1.14 bits per heavy atom. The molecule has 0 nitrogen and oxygen atoms in total. The molecule has 37 heavy (non-hydrogen) atoms. The summed E-state index contributed by atoms with van der Waals surface area (Å²) in [5.41, 5.74) is 16.5. The van der Waals surface area contributed by atoms with Crippen molar-refractivity contribution in [3.8, 4) is 44.5 Å². The minimum absolute atomic E-state index is 0.794. The van der Waals surface area contributed by atoms with Gasteiger partial charge in [-0.15, -0.1) is 0 Å². The first-order chi connectivity index (χ1) is 18.0. The van der Waals surface area contributed by atoms with Crippen LogP contribution in [-0.4, -0.2) is 9.52 Å². The van der Waals surface area contributed by atoms with Crippen LogP contribution in [-0.2, 0) is 0 Å². The number of hydrogen-bond donors (Lipinski definition) is 0. The highest BCUT2D eigenvalue weighted by Crippen LogP contribution is 2.38. The van der Waals surface area contributed by atoms with Gasteiger partial charge in [-0.1, -0.05) is 131 Å². The number of rotatable bonds is 4. The molecule has 2 aromatic rings. The molecule has 0 spiro atoms. The summed E-state index contributed by atoms with van der Waals surface area (Å²) in [6.07, 6.45) is 0. The van der Waals surface area contributed by atoms with Crippen molar-refractivity contribution in [3.63, 3.8) is 0 Å². The third-order valence-electron chi connectivity index (χ3n) is 7.89. The standard InChI is InChI=1S/C36H32Si/c1-23-13-11-19-29-21-25(3)35(33(29)31(23)27-15-7-5-8-16-27)37-36-26(4)22-30-20-12-14-24(2)32(34(30)36)28-17-9-6-10-18-28/h5-22H,37H2,1-4H3. The first-order valence-corrected chi connectivity index (χ1v) is 14.6. The van der Waals surface area contributed by atoms with Crippen LogP contribution in [0.5, 0.6) is 0 Å². The van der Waals surface area contributed by atoms with Gasteiger partial charge in [-0.25, -0.2) is 0 Å². The molecule has 0 bridgehead atoms. The van der Waals surface area contributed by atoms with Crippen LogP contribution < -0.4 is 10.4 Å². The van der Waals surface area contributed by atoms with Gasteiger partial charge in [-0.05, 0) is 83.3 Å². The van der Waals surface area contributed by atoms with Crippen LogP contribution in [0.2, 0.25) is 0 Å². The molecule has 0 saturated heterocycles. The predicted octanol–water partition coefficient (Wildman–Crippen LogP) is 7.58. The molecule has 0 amide bonds. The van der Waals surface area contributed by atoms with Crippen molar-refractivity contribution in [1.29, 1.82) is 0 Å². The Hall–Kier alpha value is -3.94. The summed E-state index contributed by atoms with van der Waals surface area (Å²) in [6, 6.07) is 40.3. The third kappa shape index (κ3) is 4.10. The Bertz CT molecular complexity index is 1540. The average Bonchev–Trinajstić information content (AvgIpc) is 3.22. The lowest BCUT2D eigenvalue weighted by atomic mass is 9.96. The van der Waals surface area contributed by atoms with Gasteiger partial charge in [0.05, 0.1) is 9.52 Å². The second kappa shape index (κ2) is 9.50. The van der Waals surface area contributed by atoms with Crippen LogP contribution in [0.4, 0.5) is 0 Å². The molecule has 4 aliphatic rings. The fourth-order valence-electron chi connectivity index (χ4n) is 6.12. The molecule has 0 aliphatic heterocycles. The van der Waals surface area contributed by atoms with Gasteiger partial charge in [0.1, 0.15) is 0 Å². The van der Waals surface area contributed by atoms with Gasteiger partial charge < -0.3 is 0 Å². The summed E-state index contributed by atoms with van der Waals surface area (Å²) >= 11 is 0. The van der Waals surface area contributed by atoms with Crippen molar-refractivity contribution in [2.75, 3.05) is 0 Å². The summed E-state index contributed by atoms with van der Waals surface area (Å²) in [4.78, 5) is 0. The zero-order valence-corrected chi connectivity index (χ0v) is 23.5. The number of fused-ring (bicyclic) bond motifs is 2. The fraction of sp³-hybridized carbons (Fsp3) is 0.111. The van der Waals surface area contributed by atoms with E-state index in [1.54, 1.807) is 10.4 Å². The van der Waals surface area contributed by atoms with E-state index in [1.807, 2.05) is 0 Å². The molecule has 0 unspecified atom stereocenters. The van der Waals surface area contributed by atoms with Crippen molar-refractivity contribution in [2.24, 2.45) is 0 Å². The molecule has 0 fully saturated rings. The van der Waals surface area contributed by atoms with Crippen LogP contribution in [0.15, 0.2) is 109 Å². The van der Waals surface area contributed by atoms with Gasteiger partial charge in [-0.2, -0.15) is 0 Å². The molecule has 1 heteroatoms. The van der Waals surface area contributed by atoms with Gasteiger partial charge in [0, 0.05) is 0 Å². The van der Waals surface area contributed by atoms with Gasteiger partial charge >= 0.3 is 0 Å². The van der Waals surface area contributed by atoms with Crippen molar-refractivity contribution >= 4 is 19.9 Å². The maximum absolute atomic E-state index is 2.41. The minimum atomic E-state index is -0.794. The number of aryl methyl sites for hydroxylation is 4. The van der Waals surface area contributed by atoms with E-state index in [0.29, 0.717) is 0 Å². The quantitative estimate of drug-likeness (QED) is 0.222. The Labute approximate surface area is 223 Å². The minimum Gasteiger partial charge on any atom is -0.0622 e. The lowest BCUT2D eigenvalue weighted by molar-refractivity contribution is 1.49. The predicted molar refractivity (Wildman–Crippen MR) is 164 cm³/mol. The highest BCUT2D eigenvalue weighted by molar-refractivity contribution is 6.72. The molecular formula is C36H32Si. The van der Waals surface area contributed by atoms with E-state index < -0.39 is 9.52 Å². The summed E-state index contributed by atoms with van der Waals surface area (Å²) in [6.45, 7) is 9.15. The van der Waals surface area contributed by atoms with Crippen LogP contribution in [0.1, 0.15) is 22.3 Å². The molecule has 6 rings (SSSR count). The van der Waals surface area contributed by atoms with Crippen LogP contribution in [0.3, 0.4) is 0 Å². The molecule has 0 heterocycles. The third-order valence-corrected chi connectivity index (χ3v) is 10.4. The molecule has 0 N–H and O–H groups in total. The van der Waals surface area contributed by atoms with Crippen LogP contribution in [0.25, 0.3) is 44.5 Å². The van der Waals surface area contributed by atoms with E-state index in [0.717, 1.165) is 0 Å². The van der Waals surface area contributed by atoms with Crippen molar-refractivity contribution in [2.45, 2.75) is 27.7 Å². The van der Waals surface area contributed by atoms with Gasteiger partial charge in [0.25, 0.3) is 0 Å². The largest absolute Gasteiger partial charge is 0.0898 e. The Morgan fingerprint density at radius 1 is 0.351 bits per heavy atom. The SMILES string of the molecule is Cc1cc2cccc(C)c(-c3ccccc3)c-2c1[SiH2]c1c(C)cc2cccc(C)c(-c3ccccc3)c1-2. The average molecular weight is 493 g/mol. The van der Waals surface area contributed by atoms with Crippen LogP contribution in [0, 0.1) is 27.7 Å². The summed E-state index contributed by atoms with van der Waals surface area (Å²) in [5.74, 6) is 0. The van der Waals surface area contributed by atoms with Crippen molar-refractivity contribution in [1.82, 2.24) is 0 Å². The molecule has 4 aliphatic carbocycles. The monoisotopic (exact) mass is 492 g/mol. The Balaban J connectivity index is 1.63. The topological polar surface area (TPSA) is 0 Å². The van der Waals surface area contributed by atoms with Crippen molar-refractivity contribution in [3.05, 3.63) is 131 Å². The van der Waals surface area contributed by atoms with Crippen molar-refractivity contribution < 1.29 is 0 Å². The normalized spacial score (nSPS) is 11.4. The van der Waals surface area contributed by atoms with E-state index in [9.17, 15) is 0 Å². The highest BCUT2D eigenvalue weighted by Gasteiger charge is 2.24. The highest BCUT2D eigenvalue weighted by atomic mass is 28.2. The van der Waals surface area contributed by atoms with E-state index in [2.05, 4.69) is 137 Å². The second-order valence-corrected chi connectivity index (χ2v) is 12.1. The first-order valence-electron chi connectivity index (χ1n) is 13.2. The van der Waals surface area contributed by atoms with E-state index in [4.69, 9.17) is 0 Å². The number of benzene rings is 2. The molecule has 0 atom stereocenters. The second-order valence-electron chi connectivity index (χ2n) is 10.3.